The van der Waals surface area contributed by atoms with Gasteiger partial charge in [-0.25, -0.2) is 4.39 Å². The third kappa shape index (κ3) is 3.31. The average molecular weight is 396 g/mol. The standard InChI is InChI=1S/C20H17FN4O2S/c1-3-28-20-22-18-17(23-24-20)15-11-14(21)9-10-16(15)25(12(2)26)19(27-18)13-7-5-4-6-8-13/h4-11,19H,3H2,1-2H3/t19-/m1/s1. The van der Waals surface area contributed by atoms with Gasteiger partial charge in [0.15, 0.2) is 5.69 Å². The molecule has 28 heavy (non-hydrogen) atoms. The van der Waals surface area contributed by atoms with Crippen molar-refractivity contribution in [2.24, 2.45) is 0 Å². The predicted octanol–water partition coefficient (Wildman–Crippen LogP) is 4.23. The fourth-order valence-electron chi connectivity index (χ4n) is 3.10. The maximum Gasteiger partial charge on any atom is 0.247 e. The summed E-state index contributed by atoms with van der Waals surface area (Å²) in [6, 6.07) is 13.5. The van der Waals surface area contributed by atoms with Gasteiger partial charge < -0.3 is 4.74 Å². The molecule has 0 radical (unpaired) electrons. The molecule has 8 heteroatoms. The highest BCUT2D eigenvalue weighted by Crippen LogP contribution is 2.43. The zero-order valence-electron chi connectivity index (χ0n) is 15.3. The molecule has 0 bridgehead atoms. The number of benzene rings is 2. The lowest BCUT2D eigenvalue weighted by Gasteiger charge is -2.29. The van der Waals surface area contributed by atoms with Crippen molar-refractivity contribution in [2.75, 3.05) is 10.7 Å². The molecule has 142 valence electrons. The van der Waals surface area contributed by atoms with E-state index in [1.54, 1.807) is 6.07 Å². The van der Waals surface area contributed by atoms with Gasteiger partial charge in [-0.15, -0.1) is 10.2 Å². The summed E-state index contributed by atoms with van der Waals surface area (Å²) < 4.78 is 20.2. The molecular weight excluding hydrogens is 379 g/mol. The lowest BCUT2D eigenvalue weighted by Crippen LogP contribution is -2.36. The van der Waals surface area contributed by atoms with Crippen molar-refractivity contribution in [1.82, 2.24) is 15.2 Å². The van der Waals surface area contributed by atoms with Gasteiger partial charge >= 0.3 is 0 Å². The van der Waals surface area contributed by atoms with E-state index in [0.717, 1.165) is 11.3 Å². The molecule has 0 saturated heterocycles. The third-order valence-corrected chi connectivity index (χ3v) is 4.98. The van der Waals surface area contributed by atoms with Crippen molar-refractivity contribution in [3.63, 3.8) is 0 Å². The van der Waals surface area contributed by atoms with Gasteiger partial charge in [-0.1, -0.05) is 49.0 Å². The highest BCUT2D eigenvalue weighted by atomic mass is 32.2. The van der Waals surface area contributed by atoms with Crippen molar-refractivity contribution in [3.8, 4) is 17.1 Å². The van der Waals surface area contributed by atoms with Crippen LogP contribution in [0.2, 0.25) is 0 Å². The van der Waals surface area contributed by atoms with Crippen LogP contribution in [-0.2, 0) is 4.79 Å². The van der Waals surface area contributed by atoms with Gasteiger partial charge in [-0.05, 0) is 24.0 Å². The maximum atomic E-state index is 14.1. The minimum atomic E-state index is -0.764. The van der Waals surface area contributed by atoms with Crippen molar-refractivity contribution >= 4 is 23.4 Å². The molecule has 2 aromatic carbocycles. The predicted molar refractivity (Wildman–Crippen MR) is 105 cm³/mol. The second-order valence-electron chi connectivity index (χ2n) is 6.11. The molecule has 6 nitrogen and oxygen atoms in total. The van der Waals surface area contributed by atoms with E-state index in [2.05, 4.69) is 15.2 Å². The Bertz CT molecular complexity index is 1030. The Hall–Kier alpha value is -3.00. The number of thioether (sulfide) groups is 1. The first kappa shape index (κ1) is 18.4. The fourth-order valence-corrected chi connectivity index (χ4v) is 3.61. The van der Waals surface area contributed by atoms with Crippen LogP contribution in [0.1, 0.15) is 25.6 Å². The van der Waals surface area contributed by atoms with Crippen LogP contribution >= 0.6 is 11.8 Å². The van der Waals surface area contributed by atoms with Gasteiger partial charge in [-0.2, -0.15) is 4.98 Å². The Morgan fingerprint density at radius 3 is 2.71 bits per heavy atom. The van der Waals surface area contributed by atoms with Crippen LogP contribution in [0.25, 0.3) is 11.3 Å². The summed E-state index contributed by atoms with van der Waals surface area (Å²) in [7, 11) is 0. The second kappa shape index (κ2) is 7.55. The van der Waals surface area contributed by atoms with Gasteiger partial charge in [0.05, 0.1) is 5.69 Å². The number of nitrogens with zero attached hydrogens (tertiary/aromatic N) is 4. The molecule has 0 N–H and O–H groups in total. The number of carbonyl (C=O) groups excluding carboxylic acids is 1. The molecule has 1 amide bonds. The zero-order valence-corrected chi connectivity index (χ0v) is 16.1. The normalized spacial score (nSPS) is 15.2. The Labute approximate surface area is 165 Å². The summed E-state index contributed by atoms with van der Waals surface area (Å²) in [5.41, 5.74) is 1.98. The van der Waals surface area contributed by atoms with Gasteiger partial charge in [0.1, 0.15) is 5.82 Å². The highest BCUT2D eigenvalue weighted by Gasteiger charge is 2.34. The van der Waals surface area contributed by atoms with Crippen LogP contribution in [0.15, 0.2) is 53.7 Å². The Morgan fingerprint density at radius 1 is 1.21 bits per heavy atom. The van der Waals surface area contributed by atoms with E-state index < -0.39 is 12.0 Å². The smallest absolute Gasteiger partial charge is 0.247 e. The third-order valence-electron chi connectivity index (χ3n) is 4.26. The van der Waals surface area contributed by atoms with Crippen molar-refractivity contribution in [3.05, 3.63) is 59.9 Å². The summed E-state index contributed by atoms with van der Waals surface area (Å²) in [6.45, 7) is 3.43. The van der Waals surface area contributed by atoms with E-state index in [0.29, 0.717) is 22.1 Å². The monoisotopic (exact) mass is 396 g/mol. The molecule has 2 heterocycles. The van der Waals surface area contributed by atoms with Crippen LogP contribution in [0.3, 0.4) is 0 Å². The molecule has 1 aromatic heterocycles. The minimum absolute atomic E-state index is 0.218. The number of hydrogen-bond donors (Lipinski definition) is 0. The Morgan fingerprint density at radius 2 is 2.00 bits per heavy atom. The number of rotatable bonds is 3. The zero-order chi connectivity index (χ0) is 19.7. The molecule has 1 aliphatic heterocycles. The molecular formula is C20H17FN4O2S. The van der Waals surface area contributed by atoms with E-state index in [-0.39, 0.29) is 11.8 Å². The summed E-state index contributed by atoms with van der Waals surface area (Å²) in [5.74, 6) is 0.300. The van der Waals surface area contributed by atoms with Gasteiger partial charge in [0.25, 0.3) is 0 Å². The van der Waals surface area contributed by atoms with E-state index in [1.807, 2.05) is 37.3 Å². The maximum absolute atomic E-state index is 14.1. The first-order chi connectivity index (χ1) is 13.6. The molecule has 1 aliphatic rings. The molecule has 4 rings (SSSR count). The first-order valence-electron chi connectivity index (χ1n) is 8.77. The summed E-state index contributed by atoms with van der Waals surface area (Å²) >= 11 is 1.42. The molecule has 0 saturated carbocycles. The minimum Gasteiger partial charge on any atom is -0.447 e. The Balaban J connectivity index is 1.97. The first-order valence-corrected chi connectivity index (χ1v) is 9.76. The van der Waals surface area contributed by atoms with Crippen molar-refractivity contribution in [1.29, 1.82) is 0 Å². The number of anilines is 1. The fraction of sp³-hybridized carbons (Fsp3) is 0.200. The highest BCUT2D eigenvalue weighted by molar-refractivity contribution is 7.99. The second-order valence-corrected chi connectivity index (χ2v) is 7.34. The lowest BCUT2D eigenvalue weighted by atomic mass is 10.1. The molecule has 0 aliphatic carbocycles. The van der Waals surface area contributed by atoms with Gasteiger partial charge in [-0.3, -0.25) is 9.69 Å². The number of fused-ring (bicyclic) bond motifs is 3. The largest absolute Gasteiger partial charge is 0.447 e. The topological polar surface area (TPSA) is 68.2 Å². The average Bonchev–Trinajstić information content (AvgIpc) is 2.83. The molecule has 0 fully saturated rings. The molecule has 0 unspecified atom stereocenters. The van der Waals surface area contributed by atoms with Gasteiger partial charge in [0.2, 0.25) is 23.2 Å². The van der Waals surface area contributed by atoms with Crippen molar-refractivity contribution < 1.29 is 13.9 Å². The van der Waals surface area contributed by atoms with E-state index in [4.69, 9.17) is 4.74 Å². The molecule has 1 atom stereocenters. The van der Waals surface area contributed by atoms with Crippen LogP contribution in [0.4, 0.5) is 10.1 Å². The summed E-state index contributed by atoms with van der Waals surface area (Å²) in [5, 5.41) is 8.82. The van der Waals surface area contributed by atoms with Crippen LogP contribution in [0.5, 0.6) is 5.88 Å². The quantitative estimate of drug-likeness (QED) is 0.617. The Kier molecular flexibility index (Phi) is 4.95. The summed E-state index contributed by atoms with van der Waals surface area (Å²) in [4.78, 5) is 18.5. The van der Waals surface area contributed by atoms with E-state index >= 15 is 0 Å². The molecule has 0 spiro atoms. The van der Waals surface area contributed by atoms with Gasteiger partial charge in [0, 0.05) is 18.1 Å². The number of aromatic nitrogens is 3. The SMILES string of the molecule is CCSc1nnc2c(n1)O[C@H](c1ccccc1)N(C(C)=O)c1ccc(F)cc1-2. The van der Waals surface area contributed by atoms with E-state index in [9.17, 15) is 9.18 Å². The number of amides is 1. The number of hydrogen-bond acceptors (Lipinski definition) is 6. The number of ether oxygens (including phenoxy) is 1. The number of halogens is 1. The van der Waals surface area contributed by atoms with E-state index in [1.165, 1.54) is 35.7 Å². The number of carbonyl (C=O) groups is 1. The van der Waals surface area contributed by atoms with Crippen LogP contribution < -0.4 is 9.64 Å². The van der Waals surface area contributed by atoms with Crippen LogP contribution in [0, 0.1) is 5.82 Å². The summed E-state index contributed by atoms with van der Waals surface area (Å²) in [6.07, 6.45) is -0.764. The van der Waals surface area contributed by atoms with Crippen LogP contribution in [-0.4, -0.2) is 26.8 Å². The molecule has 3 aromatic rings. The van der Waals surface area contributed by atoms with Crippen molar-refractivity contribution in [2.45, 2.75) is 25.2 Å². The lowest BCUT2D eigenvalue weighted by molar-refractivity contribution is -0.118.